The molecule has 3 N–H and O–H groups in total. The number of carbonyl (C=O) groups is 2. The van der Waals surface area contributed by atoms with Crippen LogP contribution in [-0.4, -0.2) is 23.7 Å². The van der Waals surface area contributed by atoms with E-state index < -0.39 is 11.9 Å². The Hall–Kier alpha value is -2.08. The van der Waals surface area contributed by atoms with Crippen molar-refractivity contribution in [2.24, 2.45) is 5.90 Å². The van der Waals surface area contributed by atoms with Gasteiger partial charge in [0.05, 0.1) is 6.61 Å². The van der Waals surface area contributed by atoms with Gasteiger partial charge in [-0.15, -0.1) is 0 Å². The van der Waals surface area contributed by atoms with Gasteiger partial charge in [0.1, 0.15) is 11.1 Å². The second-order valence-electron chi connectivity index (χ2n) is 5.01. The maximum Gasteiger partial charge on any atom is 0.342 e. The number of hydrogen-bond acceptors (Lipinski definition) is 5. The van der Waals surface area contributed by atoms with E-state index in [0.717, 1.165) is 19.3 Å². The third-order valence-electron chi connectivity index (χ3n) is 3.31. The van der Waals surface area contributed by atoms with Crippen molar-refractivity contribution in [2.75, 3.05) is 6.61 Å². The highest BCUT2D eigenvalue weighted by atomic mass is 16.6. The molecule has 6 nitrogen and oxygen atoms in total. The summed E-state index contributed by atoms with van der Waals surface area (Å²) < 4.78 is 5.14. The highest BCUT2D eigenvalue weighted by Crippen LogP contribution is 2.24. The zero-order chi connectivity index (χ0) is 16.4. The van der Waals surface area contributed by atoms with Gasteiger partial charge in [0.25, 0.3) is 0 Å². The summed E-state index contributed by atoms with van der Waals surface area (Å²) in [4.78, 5) is 27.6. The van der Waals surface area contributed by atoms with Gasteiger partial charge in [0.15, 0.2) is 5.75 Å². The topological polar surface area (TPSA) is 98.9 Å². The Labute approximate surface area is 130 Å². The van der Waals surface area contributed by atoms with Gasteiger partial charge in [-0.25, -0.2) is 9.59 Å². The highest BCUT2D eigenvalue weighted by Gasteiger charge is 2.20. The lowest BCUT2D eigenvalue weighted by atomic mass is 10.1. The molecule has 0 aliphatic rings. The molecule has 0 unspecified atom stereocenters. The van der Waals surface area contributed by atoms with Gasteiger partial charge in [-0.3, -0.25) is 0 Å². The SMILES string of the molecule is CCCCCCCCOC(=O)c1cccc(C(=O)O)c1ON. The summed E-state index contributed by atoms with van der Waals surface area (Å²) in [5.41, 5.74) is -0.148. The molecule has 0 heterocycles. The minimum absolute atomic E-state index is 0.0217. The molecule has 0 saturated heterocycles. The lowest BCUT2D eigenvalue weighted by Gasteiger charge is -2.10. The van der Waals surface area contributed by atoms with E-state index in [1.165, 1.54) is 37.5 Å². The van der Waals surface area contributed by atoms with Gasteiger partial charge in [-0.05, 0) is 18.6 Å². The summed E-state index contributed by atoms with van der Waals surface area (Å²) in [5.74, 6) is 3.06. The number of unbranched alkanes of at least 4 members (excludes halogenated alkanes) is 5. The van der Waals surface area contributed by atoms with Crippen molar-refractivity contribution in [3.8, 4) is 5.75 Å². The van der Waals surface area contributed by atoms with Crippen LogP contribution < -0.4 is 10.7 Å². The summed E-state index contributed by atoms with van der Waals surface area (Å²) in [6, 6.07) is 4.20. The molecule has 6 heteroatoms. The van der Waals surface area contributed by atoms with E-state index in [1.54, 1.807) is 0 Å². The molecule has 0 aromatic heterocycles. The Kier molecular flexibility index (Phi) is 7.99. The first kappa shape index (κ1) is 18.0. The van der Waals surface area contributed by atoms with Gasteiger partial charge in [-0.2, -0.15) is 5.90 Å². The van der Waals surface area contributed by atoms with Crippen LogP contribution in [0.1, 0.15) is 66.2 Å². The highest BCUT2D eigenvalue weighted by molar-refractivity contribution is 5.99. The second kappa shape index (κ2) is 9.78. The van der Waals surface area contributed by atoms with Crippen LogP contribution in [0.3, 0.4) is 0 Å². The molecule has 1 rings (SSSR count). The van der Waals surface area contributed by atoms with Crippen molar-refractivity contribution in [1.29, 1.82) is 0 Å². The molecule has 122 valence electrons. The number of para-hydroxylation sites is 1. The van der Waals surface area contributed by atoms with Crippen molar-refractivity contribution < 1.29 is 24.3 Å². The average Bonchev–Trinajstić information content (AvgIpc) is 2.52. The zero-order valence-corrected chi connectivity index (χ0v) is 12.8. The van der Waals surface area contributed by atoms with Crippen LogP contribution in [0.15, 0.2) is 18.2 Å². The van der Waals surface area contributed by atoms with E-state index in [1.807, 2.05) is 0 Å². The Morgan fingerprint density at radius 3 is 2.36 bits per heavy atom. The van der Waals surface area contributed by atoms with Crippen LogP contribution in [-0.2, 0) is 4.74 Å². The maximum absolute atomic E-state index is 12.0. The number of aromatic carboxylic acids is 1. The number of carbonyl (C=O) groups excluding carboxylic acids is 1. The van der Waals surface area contributed by atoms with Gasteiger partial charge in [-0.1, -0.05) is 45.1 Å². The average molecular weight is 309 g/mol. The van der Waals surface area contributed by atoms with Gasteiger partial charge >= 0.3 is 11.9 Å². The van der Waals surface area contributed by atoms with Crippen LogP contribution in [0.2, 0.25) is 0 Å². The fraction of sp³-hybridized carbons (Fsp3) is 0.500. The molecule has 22 heavy (non-hydrogen) atoms. The molecule has 0 fully saturated rings. The number of carboxylic acids is 1. The number of rotatable bonds is 10. The lowest BCUT2D eigenvalue weighted by Crippen LogP contribution is -2.15. The van der Waals surface area contributed by atoms with Crippen molar-refractivity contribution in [1.82, 2.24) is 0 Å². The Bertz CT molecular complexity index is 501. The van der Waals surface area contributed by atoms with E-state index in [-0.39, 0.29) is 16.9 Å². The summed E-state index contributed by atoms with van der Waals surface area (Å²) in [6.07, 6.45) is 6.51. The van der Waals surface area contributed by atoms with Gasteiger partial charge < -0.3 is 14.7 Å². The summed E-state index contributed by atoms with van der Waals surface area (Å²) in [5, 5.41) is 9.03. The van der Waals surface area contributed by atoms with Crippen LogP contribution in [0.4, 0.5) is 0 Å². The number of benzene rings is 1. The predicted octanol–water partition coefficient (Wildman–Crippen LogP) is 3.15. The minimum Gasteiger partial charge on any atom is -0.478 e. The van der Waals surface area contributed by atoms with E-state index >= 15 is 0 Å². The first-order chi connectivity index (χ1) is 10.6. The number of esters is 1. The van der Waals surface area contributed by atoms with Gasteiger partial charge in [0, 0.05) is 0 Å². The molecule has 0 amide bonds. The molecular weight excluding hydrogens is 286 g/mol. The number of hydrogen-bond donors (Lipinski definition) is 2. The quantitative estimate of drug-likeness (QED) is 0.391. The molecule has 0 atom stereocenters. The zero-order valence-electron chi connectivity index (χ0n) is 12.8. The number of carboxylic acid groups (broad SMARTS) is 1. The molecule has 0 radical (unpaired) electrons. The molecule has 0 spiro atoms. The van der Waals surface area contributed by atoms with Crippen molar-refractivity contribution in [3.63, 3.8) is 0 Å². The molecule has 0 bridgehead atoms. The third kappa shape index (κ3) is 5.37. The molecule has 0 aliphatic carbocycles. The third-order valence-corrected chi connectivity index (χ3v) is 3.31. The summed E-state index contributed by atoms with van der Waals surface area (Å²) in [7, 11) is 0. The van der Waals surface area contributed by atoms with Crippen molar-refractivity contribution in [3.05, 3.63) is 29.3 Å². The molecule has 1 aromatic carbocycles. The fourth-order valence-electron chi connectivity index (χ4n) is 2.12. The van der Waals surface area contributed by atoms with Crippen molar-refractivity contribution in [2.45, 2.75) is 45.4 Å². The Morgan fingerprint density at radius 1 is 1.09 bits per heavy atom. The minimum atomic E-state index is -1.22. The van der Waals surface area contributed by atoms with Crippen LogP contribution in [0.5, 0.6) is 5.75 Å². The predicted molar refractivity (Wildman–Crippen MR) is 81.9 cm³/mol. The van der Waals surface area contributed by atoms with Crippen LogP contribution in [0, 0.1) is 0 Å². The molecule has 1 aromatic rings. The first-order valence-corrected chi connectivity index (χ1v) is 7.52. The van der Waals surface area contributed by atoms with Crippen LogP contribution >= 0.6 is 0 Å². The van der Waals surface area contributed by atoms with Crippen LogP contribution in [0.25, 0.3) is 0 Å². The standard InChI is InChI=1S/C16H23NO5/c1-2-3-4-5-6-7-11-21-16(20)13-10-8-9-12(15(18)19)14(13)22-17/h8-10H,2-7,11,17H2,1H3,(H,18,19). The maximum atomic E-state index is 12.0. The van der Waals surface area contributed by atoms with E-state index in [0.29, 0.717) is 6.61 Å². The Morgan fingerprint density at radius 2 is 1.73 bits per heavy atom. The van der Waals surface area contributed by atoms with E-state index in [2.05, 4.69) is 11.8 Å². The molecule has 0 aliphatic heterocycles. The summed E-state index contributed by atoms with van der Waals surface area (Å²) >= 11 is 0. The first-order valence-electron chi connectivity index (χ1n) is 7.52. The van der Waals surface area contributed by atoms with Crippen molar-refractivity contribution >= 4 is 11.9 Å². The molecule has 0 saturated carbocycles. The van der Waals surface area contributed by atoms with E-state index in [9.17, 15) is 9.59 Å². The summed E-state index contributed by atoms with van der Waals surface area (Å²) in [6.45, 7) is 2.45. The van der Waals surface area contributed by atoms with E-state index in [4.69, 9.17) is 15.7 Å². The normalized spacial score (nSPS) is 10.3. The fourth-order valence-corrected chi connectivity index (χ4v) is 2.12. The Balaban J connectivity index is 2.52. The number of nitrogens with two attached hydrogens (primary N) is 1. The molecular formula is C16H23NO5. The van der Waals surface area contributed by atoms with Gasteiger partial charge in [0.2, 0.25) is 0 Å². The largest absolute Gasteiger partial charge is 0.478 e. The smallest absolute Gasteiger partial charge is 0.342 e. The second-order valence-corrected chi connectivity index (χ2v) is 5.01. The number of ether oxygens (including phenoxy) is 1. The lowest BCUT2D eigenvalue weighted by molar-refractivity contribution is 0.0492. The monoisotopic (exact) mass is 309 g/mol.